The maximum atomic E-state index is 13.2. The third kappa shape index (κ3) is 4.25. The lowest BCUT2D eigenvalue weighted by atomic mass is 10.0. The Morgan fingerprint density at radius 2 is 1.91 bits per heavy atom. The second kappa shape index (κ2) is 9.29. The minimum atomic E-state index is -0.748. The van der Waals surface area contributed by atoms with E-state index in [9.17, 15) is 14.4 Å². The monoisotopic (exact) mass is 443 g/mol. The number of piperidine rings is 1. The van der Waals surface area contributed by atoms with Crippen molar-refractivity contribution in [2.75, 3.05) is 26.8 Å². The summed E-state index contributed by atoms with van der Waals surface area (Å²) in [6, 6.07) is 8.29. The van der Waals surface area contributed by atoms with Crippen molar-refractivity contribution in [1.29, 1.82) is 0 Å². The Morgan fingerprint density at radius 3 is 2.59 bits per heavy atom. The van der Waals surface area contributed by atoms with Gasteiger partial charge in [0.1, 0.15) is 24.5 Å². The van der Waals surface area contributed by atoms with Crippen LogP contribution in [-0.2, 0) is 20.9 Å². The van der Waals surface area contributed by atoms with Gasteiger partial charge in [0.2, 0.25) is 0 Å². The van der Waals surface area contributed by atoms with Crippen LogP contribution in [-0.4, -0.2) is 71.8 Å². The van der Waals surface area contributed by atoms with E-state index >= 15 is 0 Å². The number of aryl methyl sites for hydroxylation is 1. The van der Waals surface area contributed by atoms with Crippen LogP contribution in [0.3, 0.4) is 0 Å². The third-order valence-electron chi connectivity index (χ3n) is 5.79. The number of aromatic nitrogens is 1. The van der Waals surface area contributed by atoms with Crippen molar-refractivity contribution >= 4 is 18.0 Å². The van der Waals surface area contributed by atoms with E-state index in [-0.39, 0.29) is 25.2 Å². The fourth-order valence-electron chi connectivity index (χ4n) is 4.11. The summed E-state index contributed by atoms with van der Waals surface area (Å²) < 4.78 is 20.9. The summed E-state index contributed by atoms with van der Waals surface area (Å²) in [5.74, 6) is 0.339. The smallest absolute Gasteiger partial charge is 0.410 e. The molecule has 10 nitrogen and oxygen atoms in total. The summed E-state index contributed by atoms with van der Waals surface area (Å²) >= 11 is 0. The van der Waals surface area contributed by atoms with Crippen molar-refractivity contribution in [2.45, 2.75) is 38.5 Å². The van der Waals surface area contributed by atoms with Gasteiger partial charge >= 0.3 is 12.1 Å². The Bertz CT molecular complexity index is 983. The van der Waals surface area contributed by atoms with Crippen LogP contribution in [0, 0.1) is 6.92 Å². The van der Waals surface area contributed by atoms with Gasteiger partial charge in [0.25, 0.3) is 5.91 Å². The summed E-state index contributed by atoms with van der Waals surface area (Å²) in [6.07, 6.45) is 0.517. The van der Waals surface area contributed by atoms with Gasteiger partial charge in [-0.3, -0.25) is 9.69 Å². The molecular formula is C22H25N3O7. The molecule has 2 aliphatic heterocycles. The minimum absolute atomic E-state index is 0.0185. The average molecular weight is 443 g/mol. The van der Waals surface area contributed by atoms with Crippen LogP contribution in [0.1, 0.15) is 34.7 Å². The molecule has 0 spiro atoms. The summed E-state index contributed by atoms with van der Waals surface area (Å²) in [6.45, 7) is 2.63. The molecule has 2 amide bonds. The molecule has 4 rings (SSSR count). The SMILES string of the molecule is COC(=O)[C@@H]1COC(=O)N1C1CCN(C(=O)c2c(C)noc2COc2ccccc2)CC1. The molecule has 2 aliphatic rings. The quantitative estimate of drug-likeness (QED) is 0.625. The van der Waals surface area contributed by atoms with Gasteiger partial charge in [-0.15, -0.1) is 0 Å². The lowest BCUT2D eigenvalue weighted by molar-refractivity contribution is -0.145. The first-order valence-corrected chi connectivity index (χ1v) is 10.4. The lowest BCUT2D eigenvalue weighted by Crippen LogP contribution is -2.52. The second-order valence-electron chi connectivity index (χ2n) is 7.71. The Labute approximate surface area is 185 Å². The van der Waals surface area contributed by atoms with Crippen LogP contribution < -0.4 is 4.74 Å². The molecule has 10 heteroatoms. The lowest BCUT2D eigenvalue weighted by Gasteiger charge is -2.37. The number of methoxy groups -OCH3 is 1. The van der Waals surface area contributed by atoms with E-state index in [1.165, 1.54) is 12.0 Å². The third-order valence-corrected chi connectivity index (χ3v) is 5.79. The van der Waals surface area contributed by atoms with E-state index < -0.39 is 18.1 Å². The first kappa shape index (κ1) is 21.7. The number of carbonyl (C=O) groups is 3. The first-order valence-electron chi connectivity index (χ1n) is 10.4. The van der Waals surface area contributed by atoms with Crippen molar-refractivity contribution in [3.63, 3.8) is 0 Å². The molecule has 0 saturated carbocycles. The number of nitrogens with zero attached hydrogens (tertiary/aromatic N) is 3. The Kier molecular flexibility index (Phi) is 6.29. The number of para-hydroxylation sites is 1. The fourth-order valence-corrected chi connectivity index (χ4v) is 4.11. The number of benzene rings is 1. The van der Waals surface area contributed by atoms with E-state index in [2.05, 4.69) is 5.16 Å². The Balaban J connectivity index is 1.40. The minimum Gasteiger partial charge on any atom is -0.486 e. The standard InChI is InChI=1S/C22H25N3O7/c1-14-19(18(32-23-14)13-30-16-6-4-3-5-7-16)20(26)24-10-8-15(9-11-24)25-17(21(27)29-2)12-31-22(25)28/h3-7,15,17H,8-13H2,1-2H3/t17-/m0/s1. The number of rotatable bonds is 6. The van der Waals surface area contributed by atoms with Gasteiger partial charge in [0.15, 0.2) is 11.8 Å². The molecule has 2 fully saturated rings. The van der Waals surface area contributed by atoms with E-state index in [1.807, 2.05) is 30.3 Å². The normalized spacial score (nSPS) is 19.1. The molecule has 170 valence electrons. The second-order valence-corrected chi connectivity index (χ2v) is 7.71. The van der Waals surface area contributed by atoms with Gasteiger partial charge in [-0.1, -0.05) is 23.4 Å². The highest BCUT2D eigenvalue weighted by atomic mass is 16.6. The fraction of sp³-hybridized carbons (Fsp3) is 0.455. The van der Waals surface area contributed by atoms with Crippen molar-refractivity contribution < 1.29 is 33.1 Å². The molecule has 1 atom stereocenters. The van der Waals surface area contributed by atoms with Gasteiger partial charge in [0, 0.05) is 19.1 Å². The molecule has 0 radical (unpaired) electrons. The van der Waals surface area contributed by atoms with Crippen molar-refractivity contribution in [3.8, 4) is 5.75 Å². The van der Waals surface area contributed by atoms with E-state index in [4.69, 9.17) is 18.7 Å². The van der Waals surface area contributed by atoms with Gasteiger partial charge in [-0.2, -0.15) is 0 Å². The highest BCUT2D eigenvalue weighted by Gasteiger charge is 2.44. The van der Waals surface area contributed by atoms with Crippen LogP contribution in [0.4, 0.5) is 4.79 Å². The largest absolute Gasteiger partial charge is 0.486 e. The maximum Gasteiger partial charge on any atom is 0.410 e. The average Bonchev–Trinajstić information content (AvgIpc) is 3.39. The van der Waals surface area contributed by atoms with E-state index in [0.717, 1.165) is 0 Å². The van der Waals surface area contributed by atoms with Crippen LogP contribution in [0.15, 0.2) is 34.9 Å². The number of likely N-dealkylation sites (tertiary alicyclic amines) is 1. The van der Waals surface area contributed by atoms with Gasteiger partial charge in [-0.25, -0.2) is 9.59 Å². The Hall–Kier alpha value is -3.56. The van der Waals surface area contributed by atoms with Crippen LogP contribution in [0.5, 0.6) is 5.75 Å². The van der Waals surface area contributed by atoms with Crippen molar-refractivity contribution in [2.24, 2.45) is 0 Å². The number of ether oxygens (including phenoxy) is 3. The van der Waals surface area contributed by atoms with E-state index in [0.29, 0.717) is 48.7 Å². The molecular weight excluding hydrogens is 418 g/mol. The van der Waals surface area contributed by atoms with Gasteiger partial charge in [0.05, 0.1) is 12.8 Å². The highest BCUT2D eigenvalue weighted by Crippen LogP contribution is 2.27. The zero-order valence-corrected chi connectivity index (χ0v) is 18.0. The molecule has 2 saturated heterocycles. The molecule has 32 heavy (non-hydrogen) atoms. The van der Waals surface area contributed by atoms with Crippen molar-refractivity contribution in [1.82, 2.24) is 15.0 Å². The summed E-state index contributed by atoms with van der Waals surface area (Å²) in [4.78, 5) is 40.5. The maximum absolute atomic E-state index is 13.2. The molecule has 0 unspecified atom stereocenters. The number of esters is 1. The van der Waals surface area contributed by atoms with Crippen LogP contribution in [0.25, 0.3) is 0 Å². The van der Waals surface area contributed by atoms with Crippen LogP contribution >= 0.6 is 0 Å². The number of cyclic esters (lactones) is 1. The number of amides is 2. The predicted octanol–water partition coefficient (Wildman–Crippen LogP) is 2.16. The Morgan fingerprint density at radius 1 is 1.19 bits per heavy atom. The number of hydrogen-bond donors (Lipinski definition) is 0. The van der Waals surface area contributed by atoms with Crippen molar-refractivity contribution in [3.05, 3.63) is 47.3 Å². The first-order chi connectivity index (χ1) is 15.5. The summed E-state index contributed by atoms with van der Waals surface area (Å²) in [7, 11) is 1.28. The van der Waals surface area contributed by atoms with Gasteiger partial charge < -0.3 is 23.6 Å². The molecule has 1 aromatic carbocycles. The van der Waals surface area contributed by atoms with Gasteiger partial charge in [-0.05, 0) is 31.9 Å². The topological polar surface area (TPSA) is 111 Å². The number of carbonyl (C=O) groups excluding carboxylic acids is 3. The summed E-state index contributed by atoms with van der Waals surface area (Å²) in [5.41, 5.74) is 0.894. The number of hydrogen-bond acceptors (Lipinski definition) is 8. The molecule has 0 bridgehead atoms. The zero-order valence-electron chi connectivity index (χ0n) is 18.0. The molecule has 1 aromatic heterocycles. The highest BCUT2D eigenvalue weighted by molar-refractivity contribution is 5.96. The summed E-state index contributed by atoms with van der Waals surface area (Å²) in [5, 5.41) is 3.95. The molecule has 0 N–H and O–H groups in total. The molecule has 3 heterocycles. The zero-order chi connectivity index (χ0) is 22.7. The van der Waals surface area contributed by atoms with E-state index in [1.54, 1.807) is 11.8 Å². The molecule has 0 aliphatic carbocycles. The van der Waals surface area contributed by atoms with Crippen LogP contribution in [0.2, 0.25) is 0 Å². The predicted molar refractivity (Wildman–Crippen MR) is 110 cm³/mol. The molecule has 2 aromatic rings.